The van der Waals surface area contributed by atoms with E-state index in [9.17, 15) is 14.7 Å². The Morgan fingerprint density at radius 2 is 1.76 bits per heavy atom. The van der Waals surface area contributed by atoms with Crippen molar-refractivity contribution in [1.82, 2.24) is 16.0 Å². The van der Waals surface area contributed by atoms with Crippen molar-refractivity contribution in [3.05, 3.63) is 0 Å². The molecule has 1 aliphatic carbocycles. The molecule has 0 radical (unpaired) electrons. The third-order valence-corrected chi connectivity index (χ3v) is 4.23. The summed E-state index contributed by atoms with van der Waals surface area (Å²) in [7, 11) is 0. The van der Waals surface area contributed by atoms with Crippen LogP contribution in [0.1, 0.15) is 38.5 Å². The van der Waals surface area contributed by atoms with Crippen LogP contribution in [0.5, 0.6) is 0 Å². The molecule has 1 saturated carbocycles. The number of β-amino-alcohol motifs (C(OH)–C–C–N with tert-alkyl or cyclic N) is 1. The van der Waals surface area contributed by atoms with Gasteiger partial charge in [0.2, 0.25) is 11.8 Å². The summed E-state index contributed by atoms with van der Waals surface area (Å²) in [6.45, 7) is 0.857. The Hall–Kier alpha value is -1.18. The minimum atomic E-state index is -0.422. The Kier molecular flexibility index (Phi) is 5.96. The lowest BCUT2D eigenvalue weighted by Gasteiger charge is -2.30. The summed E-state index contributed by atoms with van der Waals surface area (Å²) in [5.41, 5.74) is 5.35. The van der Waals surface area contributed by atoms with Crippen LogP contribution < -0.4 is 21.7 Å². The lowest BCUT2D eigenvalue weighted by Crippen LogP contribution is -2.48. The predicted molar refractivity (Wildman–Crippen MR) is 78.4 cm³/mol. The minimum Gasteiger partial charge on any atom is -0.392 e. The fourth-order valence-corrected chi connectivity index (χ4v) is 3.03. The van der Waals surface area contributed by atoms with Gasteiger partial charge in [-0.15, -0.1) is 0 Å². The SMILES string of the molecule is NCCC(=O)NC1CCC(NC(=O)[C@H]2C[C@H](O)CN2)CC1. The maximum absolute atomic E-state index is 12.0. The van der Waals surface area contributed by atoms with Crippen molar-refractivity contribution in [3.63, 3.8) is 0 Å². The zero-order valence-electron chi connectivity index (χ0n) is 12.3. The highest BCUT2D eigenvalue weighted by Crippen LogP contribution is 2.19. The zero-order valence-corrected chi connectivity index (χ0v) is 12.3. The van der Waals surface area contributed by atoms with Gasteiger partial charge in [-0.05, 0) is 32.1 Å². The molecule has 0 aromatic carbocycles. The Labute approximate surface area is 125 Å². The number of carbonyl (C=O) groups is 2. The van der Waals surface area contributed by atoms with Gasteiger partial charge in [0.25, 0.3) is 0 Å². The van der Waals surface area contributed by atoms with Gasteiger partial charge in [0.05, 0.1) is 12.1 Å². The number of amides is 2. The molecule has 120 valence electrons. The third-order valence-electron chi connectivity index (χ3n) is 4.23. The molecule has 2 fully saturated rings. The highest BCUT2D eigenvalue weighted by atomic mass is 16.3. The smallest absolute Gasteiger partial charge is 0.237 e. The monoisotopic (exact) mass is 298 g/mol. The molecule has 2 rings (SSSR count). The first-order valence-electron chi connectivity index (χ1n) is 7.79. The molecule has 7 heteroatoms. The molecule has 2 aliphatic rings. The molecule has 0 bridgehead atoms. The van der Waals surface area contributed by atoms with Gasteiger partial charge in [0.1, 0.15) is 0 Å². The minimum absolute atomic E-state index is 0.00845. The van der Waals surface area contributed by atoms with Gasteiger partial charge in [-0.1, -0.05) is 0 Å². The van der Waals surface area contributed by atoms with E-state index in [1.807, 2.05) is 0 Å². The van der Waals surface area contributed by atoms with Crippen LogP contribution in [-0.4, -0.2) is 54.2 Å². The summed E-state index contributed by atoms with van der Waals surface area (Å²) < 4.78 is 0. The number of nitrogens with two attached hydrogens (primary N) is 1. The van der Waals surface area contributed by atoms with E-state index in [0.29, 0.717) is 25.9 Å². The first-order valence-corrected chi connectivity index (χ1v) is 7.79. The number of rotatable bonds is 5. The Morgan fingerprint density at radius 1 is 1.14 bits per heavy atom. The highest BCUT2D eigenvalue weighted by Gasteiger charge is 2.30. The van der Waals surface area contributed by atoms with Crippen molar-refractivity contribution in [3.8, 4) is 0 Å². The molecule has 1 heterocycles. The largest absolute Gasteiger partial charge is 0.392 e. The summed E-state index contributed by atoms with van der Waals surface area (Å²) in [5, 5.41) is 18.5. The number of aliphatic hydroxyl groups excluding tert-OH is 1. The number of aliphatic hydroxyl groups is 1. The first kappa shape index (κ1) is 16.2. The molecule has 0 unspecified atom stereocenters. The zero-order chi connectivity index (χ0) is 15.2. The van der Waals surface area contributed by atoms with Crippen LogP contribution in [0.25, 0.3) is 0 Å². The van der Waals surface area contributed by atoms with E-state index in [-0.39, 0.29) is 29.9 Å². The average molecular weight is 298 g/mol. The fraction of sp³-hybridized carbons (Fsp3) is 0.857. The lowest BCUT2D eigenvalue weighted by atomic mass is 9.91. The fourth-order valence-electron chi connectivity index (χ4n) is 3.03. The number of nitrogens with one attached hydrogen (secondary N) is 3. The van der Waals surface area contributed by atoms with Gasteiger partial charge < -0.3 is 26.8 Å². The van der Waals surface area contributed by atoms with E-state index in [1.165, 1.54) is 0 Å². The third kappa shape index (κ3) is 4.94. The Bertz CT molecular complexity index is 369. The molecular formula is C14H26N4O3. The molecule has 0 aromatic heterocycles. The number of carbonyl (C=O) groups excluding carboxylic acids is 2. The van der Waals surface area contributed by atoms with Gasteiger partial charge in [0.15, 0.2) is 0 Å². The molecule has 7 nitrogen and oxygen atoms in total. The summed E-state index contributed by atoms with van der Waals surface area (Å²) in [5.74, 6) is -0.0173. The van der Waals surface area contributed by atoms with E-state index < -0.39 is 6.10 Å². The van der Waals surface area contributed by atoms with Crippen LogP contribution in [0.3, 0.4) is 0 Å². The molecule has 21 heavy (non-hydrogen) atoms. The average Bonchev–Trinajstić information content (AvgIpc) is 2.88. The summed E-state index contributed by atoms with van der Waals surface area (Å²) in [4.78, 5) is 23.5. The van der Waals surface area contributed by atoms with Crippen LogP contribution in [0.2, 0.25) is 0 Å². The van der Waals surface area contributed by atoms with Gasteiger partial charge in [-0.2, -0.15) is 0 Å². The normalized spacial score (nSPS) is 32.7. The van der Waals surface area contributed by atoms with E-state index in [2.05, 4.69) is 16.0 Å². The second-order valence-electron chi connectivity index (χ2n) is 6.01. The molecule has 6 N–H and O–H groups in total. The standard InChI is InChI=1S/C14H26N4O3/c15-6-5-13(20)17-9-1-3-10(4-2-9)18-14(21)12-7-11(19)8-16-12/h9-12,16,19H,1-8,15H2,(H,17,20)(H,18,21)/t9?,10?,11-,12+/m0/s1. The maximum atomic E-state index is 12.0. The Morgan fingerprint density at radius 3 is 2.29 bits per heavy atom. The van der Waals surface area contributed by atoms with Gasteiger partial charge in [0, 0.05) is 31.6 Å². The predicted octanol–water partition coefficient (Wildman–Crippen LogP) is -1.40. The molecule has 1 saturated heterocycles. The second-order valence-corrected chi connectivity index (χ2v) is 6.01. The van der Waals surface area contributed by atoms with Gasteiger partial charge in [-0.3, -0.25) is 9.59 Å². The van der Waals surface area contributed by atoms with Crippen molar-refractivity contribution in [2.45, 2.75) is 62.8 Å². The van der Waals surface area contributed by atoms with E-state index >= 15 is 0 Å². The summed E-state index contributed by atoms with van der Waals surface area (Å²) in [6.07, 6.45) is 3.92. The van der Waals surface area contributed by atoms with Gasteiger partial charge >= 0.3 is 0 Å². The van der Waals surface area contributed by atoms with Gasteiger partial charge in [-0.25, -0.2) is 0 Å². The molecular weight excluding hydrogens is 272 g/mol. The molecule has 0 aromatic rings. The molecule has 0 spiro atoms. The van der Waals surface area contributed by atoms with E-state index in [4.69, 9.17) is 5.73 Å². The van der Waals surface area contributed by atoms with Crippen LogP contribution in [0.15, 0.2) is 0 Å². The first-order chi connectivity index (χ1) is 10.1. The molecule has 2 atom stereocenters. The van der Waals surface area contributed by atoms with Crippen LogP contribution in [0.4, 0.5) is 0 Å². The lowest BCUT2D eigenvalue weighted by molar-refractivity contribution is -0.124. The van der Waals surface area contributed by atoms with Crippen molar-refractivity contribution < 1.29 is 14.7 Å². The van der Waals surface area contributed by atoms with Crippen molar-refractivity contribution >= 4 is 11.8 Å². The number of hydrogen-bond donors (Lipinski definition) is 5. The Balaban J connectivity index is 1.67. The number of hydrogen-bond acceptors (Lipinski definition) is 5. The maximum Gasteiger partial charge on any atom is 0.237 e. The molecule has 2 amide bonds. The summed E-state index contributed by atoms with van der Waals surface area (Å²) >= 11 is 0. The van der Waals surface area contributed by atoms with Crippen molar-refractivity contribution in [2.75, 3.05) is 13.1 Å². The van der Waals surface area contributed by atoms with Crippen molar-refractivity contribution in [2.24, 2.45) is 5.73 Å². The summed E-state index contributed by atoms with van der Waals surface area (Å²) in [6, 6.07) is 0.0883. The van der Waals surface area contributed by atoms with Crippen LogP contribution in [0, 0.1) is 0 Å². The van der Waals surface area contributed by atoms with E-state index in [0.717, 1.165) is 25.7 Å². The highest BCUT2D eigenvalue weighted by molar-refractivity contribution is 5.82. The topological polar surface area (TPSA) is 116 Å². The van der Waals surface area contributed by atoms with Crippen LogP contribution >= 0.6 is 0 Å². The van der Waals surface area contributed by atoms with Crippen molar-refractivity contribution in [1.29, 1.82) is 0 Å². The quantitative estimate of drug-likeness (QED) is 0.428. The molecule has 1 aliphatic heterocycles. The van der Waals surface area contributed by atoms with Crippen LogP contribution in [-0.2, 0) is 9.59 Å². The second kappa shape index (κ2) is 7.72. The van der Waals surface area contributed by atoms with E-state index in [1.54, 1.807) is 0 Å².